The highest BCUT2D eigenvalue weighted by Gasteiger charge is 2.35. The Kier molecular flexibility index (Phi) is 6.04. The maximum atomic E-state index is 12.0. The van der Waals surface area contributed by atoms with Crippen LogP contribution in [0.1, 0.15) is 65.3 Å². The van der Waals surface area contributed by atoms with E-state index in [1.165, 1.54) is 24.1 Å². The largest absolute Gasteiger partial charge is 0.480 e. The average Bonchev–Trinajstić information content (AvgIpc) is 3.48. The number of carbonyl (C=O) groups is 1. The second-order valence-corrected chi connectivity index (χ2v) is 8.92. The normalized spacial score (nSPS) is 19.6. The van der Waals surface area contributed by atoms with Crippen LogP contribution in [0.4, 0.5) is 0 Å². The van der Waals surface area contributed by atoms with E-state index in [0.29, 0.717) is 13.1 Å². The molecule has 0 amide bonds. The van der Waals surface area contributed by atoms with Gasteiger partial charge >= 0.3 is 5.97 Å². The Morgan fingerprint density at radius 3 is 2.72 bits per heavy atom. The van der Waals surface area contributed by atoms with Gasteiger partial charge in [0.2, 0.25) is 0 Å². The number of aliphatic carboxylic acids is 1. The van der Waals surface area contributed by atoms with E-state index in [1.807, 2.05) is 35.2 Å². The Hall–Kier alpha value is -2.99. The van der Waals surface area contributed by atoms with Crippen LogP contribution < -0.4 is 0 Å². The van der Waals surface area contributed by atoms with Crippen molar-refractivity contribution in [1.29, 1.82) is 0 Å². The minimum absolute atomic E-state index is 0.121. The molecule has 1 aliphatic carbocycles. The number of hydrogen-bond acceptors (Lipinski definition) is 5. The van der Waals surface area contributed by atoms with Gasteiger partial charge in [0.15, 0.2) is 5.89 Å². The van der Waals surface area contributed by atoms with Crippen molar-refractivity contribution >= 4 is 5.97 Å². The summed E-state index contributed by atoms with van der Waals surface area (Å²) in [4.78, 5) is 23.6. The van der Waals surface area contributed by atoms with Gasteiger partial charge in [0.25, 0.3) is 0 Å². The van der Waals surface area contributed by atoms with E-state index in [1.54, 1.807) is 6.26 Å². The van der Waals surface area contributed by atoms with Crippen LogP contribution >= 0.6 is 0 Å². The van der Waals surface area contributed by atoms with Crippen LogP contribution in [0.25, 0.3) is 0 Å². The summed E-state index contributed by atoms with van der Waals surface area (Å²) in [5.74, 6) is 0.0248. The van der Waals surface area contributed by atoms with Crippen molar-refractivity contribution in [3.63, 3.8) is 0 Å². The van der Waals surface area contributed by atoms with Crippen molar-refractivity contribution in [2.75, 3.05) is 13.1 Å². The van der Waals surface area contributed by atoms with E-state index in [0.717, 1.165) is 54.9 Å². The molecule has 0 saturated carbocycles. The summed E-state index contributed by atoms with van der Waals surface area (Å²) >= 11 is 0. The van der Waals surface area contributed by atoms with Gasteiger partial charge < -0.3 is 9.52 Å². The third kappa shape index (κ3) is 4.46. The standard InChI is InChI=1S/C26H29N3O3/c30-26(31)24(19-7-2-1-3-8-19)29-15-14-20(16-29)25-28-22(17-32-25)13-12-21-11-10-18-6-4-5-9-23(18)27-21/h1-3,7-8,10-11,17,20,24H,4-6,9,12-16H2,(H,30,31)/t20?,24-/m1/s1. The number of aromatic nitrogens is 2. The molecule has 166 valence electrons. The summed E-state index contributed by atoms with van der Waals surface area (Å²) in [5.41, 5.74) is 5.55. The molecule has 2 atom stereocenters. The predicted octanol–water partition coefficient (Wildman–Crippen LogP) is 4.35. The highest BCUT2D eigenvalue weighted by molar-refractivity contribution is 5.75. The van der Waals surface area contributed by atoms with Crippen molar-refractivity contribution in [2.45, 2.75) is 56.9 Å². The van der Waals surface area contributed by atoms with Crippen molar-refractivity contribution in [2.24, 2.45) is 0 Å². The number of rotatable bonds is 7. The fraction of sp³-hybridized carbons (Fsp3) is 0.423. The molecule has 1 aliphatic heterocycles. The topological polar surface area (TPSA) is 79.5 Å². The molecular weight excluding hydrogens is 402 g/mol. The van der Waals surface area contributed by atoms with Gasteiger partial charge in [0.05, 0.1) is 5.69 Å². The van der Waals surface area contributed by atoms with E-state index >= 15 is 0 Å². The van der Waals surface area contributed by atoms with Gasteiger partial charge in [0.1, 0.15) is 12.3 Å². The number of pyridine rings is 1. The molecule has 2 aromatic heterocycles. The third-order valence-electron chi connectivity index (χ3n) is 6.73. The lowest BCUT2D eigenvalue weighted by atomic mass is 9.95. The average molecular weight is 432 g/mol. The Morgan fingerprint density at radius 2 is 1.88 bits per heavy atom. The van der Waals surface area contributed by atoms with Crippen LogP contribution in [0.2, 0.25) is 0 Å². The number of hydrogen-bond donors (Lipinski definition) is 1. The number of carboxylic acids is 1. The molecule has 0 radical (unpaired) electrons. The number of fused-ring (bicyclic) bond motifs is 1. The first-order valence-corrected chi connectivity index (χ1v) is 11.6. The summed E-state index contributed by atoms with van der Waals surface area (Å²) in [5, 5.41) is 9.81. The van der Waals surface area contributed by atoms with Gasteiger partial charge in [-0.05, 0) is 62.1 Å². The number of likely N-dealkylation sites (tertiary alicyclic amines) is 1. The van der Waals surface area contributed by atoms with Gasteiger partial charge in [-0.3, -0.25) is 14.7 Å². The van der Waals surface area contributed by atoms with Gasteiger partial charge in [-0.2, -0.15) is 0 Å². The lowest BCUT2D eigenvalue weighted by Crippen LogP contribution is -2.32. The lowest BCUT2D eigenvalue weighted by molar-refractivity contribution is -0.143. The minimum Gasteiger partial charge on any atom is -0.480 e. The zero-order valence-corrected chi connectivity index (χ0v) is 18.2. The minimum atomic E-state index is -0.817. The highest BCUT2D eigenvalue weighted by Crippen LogP contribution is 2.33. The van der Waals surface area contributed by atoms with Crippen LogP contribution in [-0.4, -0.2) is 39.0 Å². The smallest absolute Gasteiger partial charge is 0.325 e. The first-order valence-electron chi connectivity index (χ1n) is 11.6. The van der Waals surface area contributed by atoms with E-state index in [4.69, 9.17) is 14.4 Å². The van der Waals surface area contributed by atoms with Crippen LogP contribution in [0.5, 0.6) is 0 Å². The molecule has 0 bridgehead atoms. The fourth-order valence-electron chi connectivity index (χ4n) is 5.02. The zero-order chi connectivity index (χ0) is 21.9. The highest BCUT2D eigenvalue weighted by atomic mass is 16.4. The Labute approximate surface area is 188 Å². The number of benzene rings is 1. The van der Waals surface area contributed by atoms with Crippen molar-refractivity contribution in [1.82, 2.24) is 14.9 Å². The maximum absolute atomic E-state index is 12.0. The van der Waals surface area contributed by atoms with Gasteiger partial charge in [-0.25, -0.2) is 4.98 Å². The van der Waals surface area contributed by atoms with E-state index < -0.39 is 12.0 Å². The molecule has 6 nitrogen and oxygen atoms in total. The molecule has 3 aromatic rings. The number of carboxylic acid groups (broad SMARTS) is 1. The summed E-state index contributed by atoms with van der Waals surface area (Å²) in [6.07, 6.45) is 9.01. The van der Waals surface area contributed by atoms with Crippen LogP contribution in [-0.2, 0) is 30.5 Å². The van der Waals surface area contributed by atoms with Crippen LogP contribution in [0.15, 0.2) is 53.1 Å². The van der Waals surface area contributed by atoms with E-state index in [9.17, 15) is 9.90 Å². The van der Waals surface area contributed by atoms with Crippen LogP contribution in [0, 0.1) is 0 Å². The molecule has 1 unspecified atom stereocenters. The second-order valence-electron chi connectivity index (χ2n) is 8.92. The Balaban J connectivity index is 1.21. The van der Waals surface area contributed by atoms with Crippen molar-refractivity contribution in [3.05, 3.63) is 82.8 Å². The van der Waals surface area contributed by atoms with Crippen molar-refractivity contribution in [3.8, 4) is 0 Å². The molecule has 1 fully saturated rings. The molecule has 1 N–H and O–H groups in total. The first kappa shape index (κ1) is 20.9. The molecule has 5 rings (SSSR count). The summed E-state index contributed by atoms with van der Waals surface area (Å²) in [7, 11) is 0. The summed E-state index contributed by atoms with van der Waals surface area (Å²) in [6, 6.07) is 13.2. The molecule has 32 heavy (non-hydrogen) atoms. The van der Waals surface area contributed by atoms with E-state index in [-0.39, 0.29) is 5.92 Å². The quantitative estimate of drug-likeness (QED) is 0.599. The molecular formula is C26H29N3O3. The molecule has 6 heteroatoms. The monoisotopic (exact) mass is 431 g/mol. The van der Waals surface area contributed by atoms with E-state index in [2.05, 4.69) is 12.1 Å². The van der Waals surface area contributed by atoms with Gasteiger partial charge in [0, 0.05) is 30.4 Å². The lowest BCUT2D eigenvalue weighted by Gasteiger charge is -2.24. The molecule has 1 saturated heterocycles. The second kappa shape index (κ2) is 9.25. The summed E-state index contributed by atoms with van der Waals surface area (Å²) < 4.78 is 5.82. The Morgan fingerprint density at radius 1 is 1.06 bits per heavy atom. The fourth-order valence-corrected chi connectivity index (χ4v) is 5.02. The van der Waals surface area contributed by atoms with Gasteiger partial charge in [-0.15, -0.1) is 0 Å². The Bertz CT molecular complexity index is 1080. The van der Waals surface area contributed by atoms with Crippen LogP contribution in [0.3, 0.4) is 0 Å². The molecule has 1 aromatic carbocycles. The molecule has 2 aliphatic rings. The SMILES string of the molecule is O=C(O)[C@@H](c1ccccc1)N1CCC(c2nc(CCc3ccc4c(n3)CCCC4)co2)C1. The summed E-state index contributed by atoms with van der Waals surface area (Å²) in [6.45, 7) is 1.35. The maximum Gasteiger partial charge on any atom is 0.325 e. The third-order valence-corrected chi connectivity index (χ3v) is 6.73. The van der Waals surface area contributed by atoms with Gasteiger partial charge in [-0.1, -0.05) is 36.4 Å². The molecule has 3 heterocycles. The predicted molar refractivity (Wildman–Crippen MR) is 121 cm³/mol. The number of aryl methyl sites for hydroxylation is 4. The van der Waals surface area contributed by atoms with Crippen molar-refractivity contribution < 1.29 is 14.3 Å². The number of nitrogens with zero attached hydrogens (tertiary/aromatic N) is 3. The first-order chi connectivity index (χ1) is 15.7. The molecule has 0 spiro atoms. The zero-order valence-electron chi connectivity index (χ0n) is 18.2. The number of oxazole rings is 1.